The van der Waals surface area contributed by atoms with E-state index in [2.05, 4.69) is 10.6 Å². The van der Waals surface area contributed by atoms with Crippen molar-refractivity contribution in [2.45, 2.75) is 20.3 Å². The van der Waals surface area contributed by atoms with Crippen molar-refractivity contribution >= 4 is 23.4 Å². The van der Waals surface area contributed by atoms with Crippen LogP contribution in [0.3, 0.4) is 0 Å². The zero-order valence-electron chi connectivity index (χ0n) is 17.0. The molecule has 0 aliphatic carbocycles. The topological polar surface area (TPSA) is 101 Å². The molecule has 1 heterocycles. The van der Waals surface area contributed by atoms with Gasteiger partial charge in [0, 0.05) is 32.3 Å². The smallest absolute Gasteiger partial charge is 0.286 e. The van der Waals surface area contributed by atoms with Crippen LogP contribution in [-0.2, 0) is 14.3 Å². The molecule has 0 atom stereocenters. The Morgan fingerprint density at radius 1 is 1.14 bits per heavy atom. The maximum Gasteiger partial charge on any atom is 0.286 e. The highest BCUT2D eigenvalue weighted by Crippen LogP contribution is 2.17. The van der Waals surface area contributed by atoms with Gasteiger partial charge in [0.15, 0.2) is 5.76 Å². The number of carbonyl (C=O) groups is 3. The molecule has 8 nitrogen and oxygen atoms in total. The standard InChI is InChI=1S/C21H27N3O5/c1-15-6-4-7-17(16(15)2)23-19(25)14-24(11-13-28-3)20(26)9-10-22-21(27)18-8-5-12-29-18/h4-8,12H,9-11,13-14H2,1-3H3,(H,22,27)(H,23,25). The lowest BCUT2D eigenvalue weighted by Gasteiger charge is -2.22. The van der Waals surface area contributed by atoms with Crippen LogP contribution >= 0.6 is 0 Å². The van der Waals surface area contributed by atoms with Crippen molar-refractivity contribution in [3.63, 3.8) is 0 Å². The number of methoxy groups -OCH3 is 1. The molecule has 0 saturated heterocycles. The summed E-state index contributed by atoms with van der Waals surface area (Å²) < 4.78 is 10.0. The number of ether oxygens (including phenoxy) is 1. The highest BCUT2D eigenvalue weighted by atomic mass is 16.5. The van der Waals surface area contributed by atoms with Crippen LogP contribution in [0.4, 0.5) is 5.69 Å². The Balaban J connectivity index is 1.89. The van der Waals surface area contributed by atoms with Crippen molar-refractivity contribution in [1.82, 2.24) is 10.2 Å². The molecule has 1 aromatic heterocycles. The van der Waals surface area contributed by atoms with Gasteiger partial charge in [-0.1, -0.05) is 12.1 Å². The number of nitrogens with one attached hydrogen (secondary N) is 2. The van der Waals surface area contributed by atoms with E-state index in [0.29, 0.717) is 6.61 Å². The number of benzene rings is 1. The third-order valence-electron chi connectivity index (χ3n) is 4.50. The van der Waals surface area contributed by atoms with E-state index in [1.807, 2.05) is 32.0 Å². The summed E-state index contributed by atoms with van der Waals surface area (Å²) in [5.74, 6) is -0.749. The fourth-order valence-electron chi connectivity index (χ4n) is 2.68. The molecule has 0 spiro atoms. The second kappa shape index (κ2) is 11.0. The van der Waals surface area contributed by atoms with Gasteiger partial charge in [0.1, 0.15) is 0 Å². The maximum atomic E-state index is 12.5. The minimum Gasteiger partial charge on any atom is -0.459 e. The van der Waals surface area contributed by atoms with Gasteiger partial charge in [-0.3, -0.25) is 14.4 Å². The minimum absolute atomic E-state index is 0.0624. The Kier molecular flexibility index (Phi) is 8.42. The van der Waals surface area contributed by atoms with Gasteiger partial charge in [-0.2, -0.15) is 0 Å². The molecule has 0 saturated carbocycles. The SMILES string of the molecule is COCCN(CC(=O)Nc1cccc(C)c1C)C(=O)CCNC(=O)c1ccco1. The summed E-state index contributed by atoms with van der Waals surface area (Å²) in [5.41, 5.74) is 2.78. The van der Waals surface area contributed by atoms with Gasteiger partial charge < -0.3 is 24.7 Å². The van der Waals surface area contributed by atoms with E-state index in [9.17, 15) is 14.4 Å². The lowest BCUT2D eigenvalue weighted by Crippen LogP contribution is -2.41. The van der Waals surface area contributed by atoms with Crippen LogP contribution < -0.4 is 10.6 Å². The fraction of sp³-hybridized carbons (Fsp3) is 0.381. The zero-order chi connectivity index (χ0) is 21.2. The Hall–Kier alpha value is -3.13. The van der Waals surface area contributed by atoms with Gasteiger partial charge in [-0.05, 0) is 43.2 Å². The number of furan rings is 1. The van der Waals surface area contributed by atoms with Crippen LogP contribution in [0.2, 0.25) is 0 Å². The number of nitrogens with zero attached hydrogens (tertiary/aromatic N) is 1. The monoisotopic (exact) mass is 401 g/mol. The van der Waals surface area contributed by atoms with Crippen LogP contribution in [0.25, 0.3) is 0 Å². The Morgan fingerprint density at radius 3 is 2.62 bits per heavy atom. The van der Waals surface area contributed by atoms with Gasteiger partial charge in [0.05, 0.1) is 19.4 Å². The lowest BCUT2D eigenvalue weighted by molar-refractivity contribution is -0.135. The number of aryl methyl sites for hydroxylation is 1. The Bertz CT molecular complexity index is 833. The molecule has 1 aromatic carbocycles. The van der Waals surface area contributed by atoms with Gasteiger partial charge in [-0.15, -0.1) is 0 Å². The van der Waals surface area contributed by atoms with E-state index < -0.39 is 0 Å². The van der Waals surface area contributed by atoms with Gasteiger partial charge >= 0.3 is 0 Å². The molecule has 156 valence electrons. The van der Waals surface area contributed by atoms with Gasteiger partial charge in [0.2, 0.25) is 11.8 Å². The van der Waals surface area contributed by atoms with Crippen LogP contribution in [-0.4, -0.2) is 56.0 Å². The molecule has 2 rings (SSSR count). The molecule has 3 amide bonds. The summed E-state index contributed by atoms with van der Waals surface area (Å²) in [6, 6.07) is 8.82. The van der Waals surface area contributed by atoms with Crippen LogP contribution in [0, 0.1) is 13.8 Å². The van der Waals surface area contributed by atoms with Crippen molar-refractivity contribution < 1.29 is 23.5 Å². The third kappa shape index (κ3) is 6.76. The van der Waals surface area contributed by atoms with Crippen molar-refractivity contribution in [3.8, 4) is 0 Å². The summed E-state index contributed by atoms with van der Waals surface area (Å²) in [7, 11) is 1.53. The summed E-state index contributed by atoms with van der Waals surface area (Å²) in [4.78, 5) is 38.3. The molecular formula is C21H27N3O5. The predicted molar refractivity (Wildman–Crippen MR) is 109 cm³/mol. The quantitative estimate of drug-likeness (QED) is 0.635. The first-order chi connectivity index (χ1) is 13.9. The minimum atomic E-state index is -0.390. The molecule has 2 aromatic rings. The Morgan fingerprint density at radius 2 is 1.93 bits per heavy atom. The molecule has 0 fully saturated rings. The molecule has 0 unspecified atom stereocenters. The first-order valence-corrected chi connectivity index (χ1v) is 9.37. The second-order valence-corrected chi connectivity index (χ2v) is 6.59. The first-order valence-electron chi connectivity index (χ1n) is 9.37. The van der Waals surface area contributed by atoms with Gasteiger partial charge in [0.25, 0.3) is 5.91 Å². The summed E-state index contributed by atoms with van der Waals surface area (Å²) >= 11 is 0. The van der Waals surface area contributed by atoms with E-state index in [0.717, 1.165) is 16.8 Å². The summed E-state index contributed by atoms with van der Waals surface area (Å²) in [6.07, 6.45) is 1.47. The number of carbonyl (C=O) groups excluding carboxylic acids is 3. The highest BCUT2D eigenvalue weighted by molar-refractivity contribution is 5.95. The molecule has 0 aliphatic heterocycles. The van der Waals surface area contributed by atoms with Crippen LogP contribution in [0.1, 0.15) is 28.1 Å². The largest absolute Gasteiger partial charge is 0.459 e. The van der Waals surface area contributed by atoms with E-state index in [1.54, 1.807) is 12.1 Å². The predicted octanol–water partition coefficient (Wildman–Crippen LogP) is 2.13. The second-order valence-electron chi connectivity index (χ2n) is 6.59. The van der Waals surface area contributed by atoms with E-state index in [4.69, 9.17) is 9.15 Å². The molecule has 8 heteroatoms. The number of anilines is 1. The summed E-state index contributed by atoms with van der Waals surface area (Å²) in [6.45, 7) is 4.53. The lowest BCUT2D eigenvalue weighted by atomic mass is 10.1. The van der Waals surface area contributed by atoms with Crippen molar-refractivity contribution in [2.24, 2.45) is 0 Å². The number of rotatable bonds is 10. The summed E-state index contributed by atoms with van der Waals surface area (Å²) in [5, 5.41) is 5.47. The molecule has 0 bridgehead atoms. The molecule has 0 aliphatic rings. The van der Waals surface area contributed by atoms with E-state index in [1.165, 1.54) is 18.3 Å². The number of amides is 3. The third-order valence-corrected chi connectivity index (χ3v) is 4.50. The van der Waals surface area contributed by atoms with Crippen LogP contribution in [0.5, 0.6) is 0 Å². The average Bonchev–Trinajstić information content (AvgIpc) is 3.23. The average molecular weight is 401 g/mol. The first kappa shape index (κ1) is 22.2. The normalized spacial score (nSPS) is 10.4. The number of hydrogen-bond donors (Lipinski definition) is 2. The maximum absolute atomic E-state index is 12.5. The molecule has 29 heavy (non-hydrogen) atoms. The van der Waals surface area contributed by atoms with Crippen molar-refractivity contribution in [1.29, 1.82) is 0 Å². The van der Waals surface area contributed by atoms with Crippen molar-refractivity contribution in [2.75, 3.05) is 38.7 Å². The van der Waals surface area contributed by atoms with Crippen molar-refractivity contribution in [3.05, 3.63) is 53.5 Å². The fourth-order valence-corrected chi connectivity index (χ4v) is 2.68. The Labute approximate surface area is 170 Å². The van der Waals surface area contributed by atoms with E-state index in [-0.39, 0.29) is 49.5 Å². The zero-order valence-corrected chi connectivity index (χ0v) is 17.0. The molecule has 2 N–H and O–H groups in total. The van der Waals surface area contributed by atoms with Gasteiger partial charge in [-0.25, -0.2) is 0 Å². The molecule has 0 radical (unpaired) electrons. The number of hydrogen-bond acceptors (Lipinski definition) is 5. The van der Waals surface area contributed by atoms with E-state index >= 15 is 0 Å². The van der Waals surface area contributed by atoms with Crippen LogP contribution in [0.15, 0.2) is 41.0 Å². The highest BCUT2D eigenvalue weighted by Gasteiger charge is 2.18. The molecular weight excluding hydrogens is 374 g/mol.